The number of ether oxygens (including phenoxy) is 2. The Bertz CT molecular complexity index is 660. The van der Waals surface area contributed by atoms with Gasteiger partial charge in [-0.2, -0.15) is 0 Å². The summed E-state index contributed by atoms with van der Waals surface area (Å²) in [5.74, 6) is -0.857. The normalized spacial score (nSPS) is 25.3. The van der Waals surface area contributed by atoms with E-state index in [9.17, 15) is 14.0 Å². The second kappa shape index (κ2) is 6.72. The Hall–Kier alpha value is -1.99. The Morgan fingerprint density at radius 2 is 2.00 bits per heavy atom. The first-order chi connectivity index (χ1) is 11.9. The van der Waals surface area contributed by atoms with Gasteiger partial charge in [-0.05, 0) is 30.5 Å². The lowest BCUT2D eigenvalue weighted by Gasteiger charge is -2.35. The highest BCUT2D eigenvalue weighted by Gasteiger charge is 2.54. The summed E-state index contributed by atoms with van der Waals surface area (Å²) in [5.41, 5.74) is 4.63. The van der Waals surface area contributed by atoms with E-state index in [4.69, 9.17) is 15.2 Å². The van der Waals surface area contributed by atoms with E-state index in [-0.39, 0.29) is 31.3 Å². The summed E-state index contributed by atoms with van der Waals surface area (Å²) >= 11 is 0. The minimum absolute atomic E-state index is 0.0170. The molecule has 0 aromatic heterocycles. The number of primary amides is 1. The number of halogens is 1. The second-order valence-electron chi connectivity index (χ2n) is 6.90. The van der Waals surface area contributed by atoms with Gasteiger partial charge in [-0.3, -0.25) is 9.59 Å². The summed E-state index contributed by atoms with van der Waals surface area (Å²) in [4.78, 5) is 26.3. The zero-order chi connectivity index (χ0) is 18.1. The van der Waals surface area contributed by atoms with Crippen LogP contribution in [0.2, 0.25) is 0 Å². The molecule has 1 atom stereocenters. The predicted molar refractivity (Wildman–Crippen MR) is 88.3 cm³/mol. The van der Waals surface area contributed by atoms with Crippen molar-refractivity contribution in [2.45, 2.75) is 30.3 Å². The maximum absolute atomic E-state index is 13.2. The van der Waals surface area contributed by atoms with Crippen molar-refractivity contribution < 1.29 is 23.5 Å². The molecule has 2 aliphatic rings. The molecule has 1 heterocycles. The maximum atomic E-state index is 13.2. The van der Waals surface area contributed by atoms with Crippen molar-refractivity contribution in [3.05, 3.63) is 35.6 Å². The number of methoxy groups -OCH3 is 1. The average molecular weight is 350 g/mol. The van der Waals surface area contributed by atoms with Gasteiger partial charge >= 0.3 is 0 Å². The van der Waals surface area contributed by atoms with Crippen LogP contribution < -0.4 is 5.73 Å². The van der Waals surface area contributed by atoms with Crippen LogP contribution in [0.25, 0.3) is 0 Å². The molecule has 1 unspecified atom stereocenters. The molecule has 136 valence electrons. The van der Waals surface area contributed by atoms with Crippen molar-refractivity contribution in [1.29, 1.82) is 0 Å². The van der Waals surface area contributed by atoms with E-state index in [0.29, 0.717) is 13.2 Å². The van der Waals surface area contributed by atoms with Crippen molar-refractivity contribution >= 4 is 11.8 Å². The van der Waals surface area contributed by atoms with Crippen molar-refractivity contribution in [3.63, 3.8) is 0 Å². The van der Waals surface area contributed by atoms with Crippen molar-refractivity contribution in [2.75, 3.05) is 33.4 Å². The van der Waals surface area contributed by atoms with Crippen LogP contribution in [0, 0.1) is 5.82 Å². The molecule has 0 radical (unpaired) electrons. The van der Waals surface area contributed by atoms with E-state index in [1.54, 1.807) is 17.0 Å². The first-order valence-corrected chi connectivity index (χ1v) is 8.37. The number of amides is 2. The van der Waals surface area contributed by atoms with Gasteiger partial charge in [0, 0.05) is 13.7 Å². The van der Waals surface area contributed by atoms with Gasteiger partial charge in [0.05, 0.1) is 31.6 Å². The number of benzene rings is 1. The van der Waals surface area contributed by atoms with Crippen LogP contribution in [0.1, 0.15) is 24.8 Å². The molecule has 7 heteroatoms. The highest BCUT2D eigenvalue weighted by molar-refractivity contribution is 5.91. The SMILES string of the molecule is COC1(CC(N)=O)COCCN(C(=O)C2(c3ccc(F)cc3)CC2)C1. The Morgan fingerprint density at radius 1 is 1.32 bits per heavy atom. The molecule has 1 aliphatic carbocycles. The third-order valence-corrected chi connectivity index (χ3v) is 5.12. The van der Waals surface area contributed by atoms with E-state index in [2.05, 4.69) is 0 Å². The monoisotopic (exact) mass is 350 g/mol. The number of hydrogen-bond acceptors (Lipinski definition) is 4. The summed E-state index contributed by atoms with van der Waals surface area (Å²) in [6.45, 7) is 1.24. The molecule has 0 spiro atoms. The van der Waals surface area contributed by atoms with Gasteiger partial charge in [-0.25, -0.2) is 4.39 Å². The molecule has 6 nitrogen and oxygen atoms in total. The van der Waals surface area contributed by atoms with Gasteiger partial charge in [0.2, 0.25) is 11.8 Å². The first kappa shape index (κ1) is 17.8. The zero-order valence-corrected chi connectivity index (χ0v) is 14.3. The molecular formula is C18H23FN2O4. The number of hydrogen-bond donors (Lipinski definition) is 1. The molecular weight excluding hydrogens is 327 g/mol. The fourth-order valence-electron chi connectivity index (χ4n) is 3.52. The minimum Gasteiger partial charge on any atom is -0.377 e. The molecule has 1 saturated carbocycles. The van der Waals surface area contributed by atoms with Crippen LogP contribution in [-0.2, 0) is 24.5 Å². The molecule has 25 heavy (non-hydrogen) atoms. The van der Waals surface area contributed by atoms with Crippen LogP contribution >= 0.6 is 0 Å². The Balaban J connectivity index is 1.83. The topological polar surface area (TPSA) is 81.9 Å². The molecule has 1 aliphatic heterocycles. The van der Waals surface area contributed by atoms with Gasteiger partial charge in [-0.15, -0.1) is 0 Å². The number of rotatable bonds is 5. The summed E-state index contributed by atoms with van der Waals surface area (Å²) in [5, 5.41) is 0. The van der Waals surface area contributed by atoms with Crippen LogP contribution in [0.3, 0.4) is 0 Å². The average Bonchev–Trinajstić information content (AvgIpc) is 3.39. The van der Waals surface area contributed by atoms with Gasteiger partial charge in [0.25, 0.3) is 0 Å². The fraction of sp³-hybridized carbons (Fsp3) is 0.556. The van der Waals surface area contributed by atoms with Gasteiger partial charge in [0.15, 0.2) is 0 Å². The highest BCUT2D eigenvalue weighted by atomic mass is 19.1. The Labute approximate surface area is 146 Å². The fourth-order valence-corrected chi connectivity index (χ4v) is 3.52. The van der Waals surface area contributed by atoms with E-state index in [1.807, 2.05) is 0 Å². The van der Waals surface area contributed by atoms with E-state index >= 15 is 0 Å². The van der Waals surface area contributed by atoms with Crippen molar-refractivity contribution in [1.82, 2.24) is 4.90 Å². The smallest absolute Gasteiger partial charge is 0.233 e. The molecule has 2 N–H and O–H groups in total. The third kappa shape index (κ3) is 3.52. The van der Waals surface area contributed by atoms with Gasteiger partial charge in [0.1, 0.15) is 11.4 Å². The molecule has 1 saturated heterocycles. The largest absolute Gasteiger partial charge is 0.377 e. The molecule has 0 bridgehead atoms. The molecule has 1 aromatic rings. The zero-order valence-electron chi connectivity index (χ0n) is 14.3. The summed E-state index contributed by atoms with van der Waals surface area (Å²) in [6.07, 6.45) is 1.44. The number of carbonyl (C=O) groups excluding carboxylic acids is 2. The van der Waals surface area contributed by atoms with Crippen LogP contribution in [0.4, 0.5) is 4.39 Å². The standard InChI is InChI=1S/C18H23FN2O4/c1-24-17(10-15(20)22)11-21(8-9-25-12-17)16(23)18(6-7-18)13-2-4-14(19)5-3-13/h2-5H,6-12H2,1H3,(H2,20,22). The molecule has 2 amide bonds. The van der Waals surface area contributed by atoms with Crippen LogP contribution in [0.5, 0.6) is 0 Å². The second-order valence-corrected chi connectivity index (χ2v) is 6.90. The first-order valence-electron chi connectivity index (χ1n) is 8.37. The molecule has 2 fully saturated rings. The summed E-state index contributed by atoms with van der Waals surface area (Å²) in [6, 6.07) is 6.09. The minimum atomic E-state index is -0.934. The van der Waals surface area contributed by atoms with E-state index in [1.165, 1.54) is 19.2 Å². The number of nitrogens with zero attached hydrogens (tertiary/aromatic N) is 1. The number of carbonyl (C=O) groups is 2. The molecule has 1 aromatic carbocycles. The Morgan fingerprint density at radius 3 is 2.56 bits per heavy atom. The van der Waals surface area contributed by atoms with Crippen molar-refractivity contribution in [2.24, 2.45) is 5.73 Å². The van der Waals surface area contributed by atoms with Gasteiger partial charge in [-0.1, -0.05) is 12.1 Å². The maximum Gasteiger partial charge on any atom is 0.233 e. The van der Waals surface area contributed by atoms with E-state index in [0.717, 1.165) is 18.4 Å². The van der Waals surface area contributed by atoms with Gasteiger partial charge < -0.3 is 20.1 Å². The third-order valence-electron chi connectivity index (χ3n) is 5.12. The van der Waals surface area contributed by atoms with E-state index < -0.39 is 16.9 Å². The summed E-state index contributed by atoms with van der Waals surface area (Å²) < 4.78 is 24.3. The summed E-state index contributed by atoms with van der Waals surface area (Å²) in [7, 11) is 1.49. The van der Waals surface area contributed by atoms with Crippen LogP contribution in [-0.4, -0.2) is 55.7 Å². The predicted octanol–water partition coefficient (Wildman–Crippen LogP) is 0.977. The quantitative estimate of drug-likeness (QED) is 0.858. The highest BCUT2D eigenvalue weighted by Crippen LogP contribution is 2.50. The lowest BCUT2D eigenvalue weighted by Crippen LogP contribution is -2.52. The lowest BCUT2D eigenvalue weighted by atomic mass is 9.92. The van der Waals surface area contributed by atoms with Crippen LogP contribution in [0.15, 0.2) is 24.3 Å². The van der Waals surface area contributed by atoms with Crippen molar-refractivity contribution in [3.8, 4) is 0 Å². The molecule has 3 rings (SSSR count). The lowest BCUT2D eigenvalue weighted by molar-refractivity contribution is -0.141. The number of nitrogens with two attached hydrogens (primary N) is 1. The Kier molecular flexibility index (Phi) is 4.79.